The molecule has 0 spiro atoms. The minimum Gasteiger partial charge on any atom is -0.361 e. The molecule has 30 heavy (non-hydrogen) atoms. The van der Waals surface area contributed by atoms with Crippen LogP contribution in [0.4, 0.5) is 5.69 Å². The predicted molar refractivity (Wildman–Crippen MR) is 118 cm³/mol. The quantitative estimate of drug-likeness (QED) is 0.567. The number of non-ortho nitro benzene ring substituents is 1. The molecule has 162 valence electrons. The Hall–Kier alpha value is -2.41. The highest BCUT2D eigenvalue weighted by Crippen LogP contribution is 2.41. The Labute approximate surface area is 177 Å². The van der Waals surface area contributed by atoms with Gasteiger partial charge in [0.2, 0.25) is 5.91 Å². The van der Waals surface area contributed by atoms with Crippen LogP contribution in [0.3, 0.4) is 0 Å². The first-order chi connectivity index (χ1) is 14.6. The SMILES string of the molecule is CCN1CCN(C(=O)CC(c2c[nH]c3ccc([N+](=O)[O-])cc23)C2CCCCC2)CC1. The lowest BCUT2D eigenvalue weighted by Crippen LogP contribution is -2.48. The van der Waals surface area contributed by atoms with Crippen LogP contribution in [-0.4, -0.2) is 58.3 Å². The van der Waals surface area contributed by atoms with Crippen LogP contribution in [0.5, 0.6) is 0 Å². The molecule has 1 atom stereocenters. The van der Waals surface area contributed by atoms with Crippen molar-refractivity contribution in [2.75, 3.05) is 32.7 Å². The number of fused-ring (bicyclic) bond motifs is 1. The average Bonchev–Trinajstić information content (AvgIpc) is 3.21. The van der Waals surface area contributed by atoms with E-state index in [0.29, 0.717) is 12.3 Å². The zero-order valence-electron chi connectivity index (χ0n) is 17.8. The van der Waals surface area contributed by atoms with E-state index in [0.717, 1.165) is 62.0 Å². The third kappa shape index (κ3) is 4.36. The first kappa shape index (κ1) is 20.8. The molecule has 1 aromatic heterocycles. The van der Waals surface area contributed by atoms with Crippen molar-refractivity contribution in [2.45, 2.75) is 51.4 Å². The summed E-state index contributed by atoms with van der Waals surface area (Å²) in [4.78, 5) is 31.9. The van der Waals surface area contributed by atoms with Gasteiger partial charge < -0.3 is 14.8 Å². The normalized spacial score (nSPS) is 19.8. The predicted octanol–water partition coefficient (Wildman–Crippen LogP) is 4.29. The average molecular weight is 413 g/mol. The van der Waals surface area contributed by atoms with Crippen molar-refractivity contribution in [1.29, 1.82) is 0 Å². The number of nitro benzene ring substituents is 1. The number of hydrogen-bond donors (Lipinski definition) is 1. The first-order valence-electron chi connectivity index (χ1n) is 11.3. The molecule has 1 aliphatic heterocycles. The van der Waals surface area contributed by atoms with Crippen molar-refractivity contribution in [3.05, 3.63) is 40.1 Å². The molecule has 0 radical (unpaired) electrons. The zero-order valence-corrected chi connectivity index (χ0v) is 17.8. The number of carbonyl (C=O) groups is 1. The Morgan fingerprint density at radius 3 is 2.60 bits per heavy atom. The highest BCUT2D eigenvalue weighted by atomic mass is 16.6. The molecule has 4 rings (SSSR count). The van der Waals surface area contributed by atoms with Gasteiger partial charge in [-0.2, -0.15) is 0 Å². The number of nitro groups is 1. The van der Waals surface area contributed by atoms with Crippen LogP contribution in [0.1, 0.15) is 56.9 Å². The summed E-state index contributed by atoms with van der Waals surface area (Å²) in [5.41, 5.74) is 2.08. The summed E-state index contributed by atoms with van der Waals surface area (Å²) in [6, 6.07) is 4.98. The molecule has 2 heterocycles. The fraction of sp³-hybridized carbons (Fsp3) is 0.609. The van der Waals surface area contributed by atoms with E-state index >= 15 is 0 Å². The molecule has 7 heteroatoms. The molecule has 0 bridgehead atoms. The smallest absolute Gasteiger partial charge is 0.270 e. The molecule has 2 fully saturated rings. The number of benzene rings is 1. The van der Waals surface area contributed by atoms with Gasteiger partial charge in [0, 0.05) is 61.8 Å². The Kier molecular flexibility index (Phi) is 6.37. The van der Waals surface area contributed by atoms with Gasteiger partial charge in [-0.25, -0.2) is 0 Å². The molecule has 2 aromatic rings. The summed E-state index contributed by atoms with van der Waals surface area (Å²) in [6.07, 6.45) is 8.39. The van der Waals surface area contributed by atoms with Crippen LogP contribution in [-0.2, 0) is 4.79 Å². The van der Waals surface area contributed by atoms with E-state index in [-0.39, 0.29) is 22.4 Å². The van der Waals surface area contributed by atoms with Gasteiger partial charge in [0.1, 0.15) is 0 Å². The fourth-order valence-corrected chi connectivity index (χ4v) is 5.25. The van der Waals surface area contributed by atoms with Gasteiger partial charge in [-0.05, 0) is 42.9 Å². The van der Waals surface area contributed by atoms with Crippen LogP contribution in [0.2, 0.25) is 0 Å². The van der Waals surface area contributed by atoms with Crippen molar-refractivity contribution >= 4 is 22.5 Å². The molecular weight excluding hydrogens is 380 g/mol. The van der Waals surface area contributed by atoms with Crippen LogP contribution >= 0.6 is 0 Å². The number of H-pyrrole nitrogens is 1. The van der Waals surface area contributed by atoms with E-state index in [1.165, 1.54) is 25.3 Å². The lowest BCUT2D eigenvalue weighted by atomic mass is 9.75. The summed E-state index contributed by atoms with van der Waals surface area (Å²) in [6.45, 7) is 6.66. The molecule has 1 aliphatic carbocycles. The fourth-order valence-electron chi connectivity index (χ4n) is 5.25. The Bertz CT molecular complexity index is 895. The van der Waals surface area contributed by atoms with E-state index in [2.05, 4.69) is 16.8 Å². The Morgan fingerprint density at radius 2 is 1.93 bits per heavy atom. The Balaban J connectivity index is 1.60. The number of rotatable bonds is 6. The van der Waals surface area contributed by atoms with Crippen molar-refractivity contribution in [3.8, 4) is 0 Å². The number of hydrogen-bond acceptors (Lipinski definition) is 4. The monoisotopic (exact) mass is 412 g/mol. The Morgan fingerprint density at radius 1 is 1.20 bits per heavy atom. The number of piperazine rings is 1. The van der Waals surface area contributed by atoms with Gasteiger partial charge in [-0.15, -0.1) is 0 Å². The van der Waals surface area contributed by atoms with Crippen molar-refractivity contribution < 1.29 is 9.72 Å². The minimum atomic E-state index is -0.343. The van der Waals surface area contributed by atoms with Crippen LogP contribution < -0.4 is 0 Å². The van der Waals surface area contributed by atoms with Gasteiger partial charge in [0.05, 0.1) is 4.92 Å². The molecule has 7 nitrogen and oxygen atoms in total. The van der Waals surface area contributed by atoms with E-state index in [1.54, 1.807) is 12.1 Å². The van der Waals surface area contributed by atoms with Crippen molar-refractivity contribution in [3.63, 3.8) is 0 Å². The van der Waals surface area contributed by atoms with Crippen LogP contribution in [0, 0.1) is 16.0 Å². The van der Waals surface area contributed by atoms with Gasteiger partial charge in [-0.3, -0.25) is 14.9 Å². The largest absolute Gasteiger partial charge is 0.361 e. The number of amides is 1. The lowest BCUT2D eigenvalue weighted by Gasteiger charge is -2.36. The number of likely N-dealkylation sites (N-methyl/N-ethyl adjacent to an activating group) is 1. The van der Waals surface area contributed by atoms with Crippen molar-refractivity contribution in [1.82, 2.24) is 14.8 Å². The number of nitrogens with one attached hydrogen (secondary N) is 1. The maximum atomic E-state index is 13.2. The van der Waals surface area contributed by atoms with Crippen LogP contribution in [0.15, 0.2) is 24.4 Å². The number of aromatic nitrogens is 1. The molecule has 1 amide bonds. The summed E-state index contributed by atoms with van der Waals surface area (Å²) in [5.74, 6) is 0.789. The number of nitrogens with zero attached hydrogens (tertiary/aromatic N) is 3. The van der Waals surface area contributed by atoms with Gasteiger partial charge >= 0.3 is 0 Å². The van der Waals surface area contributed by atoms with E-state index in [1.807, 2.05) is 11.1 Å². The standard InChI is InChI=1S/C23H32N4O3/c1-2-25-10-12-26(13-11-25)23(28)15-19(17-6-4-3-5-7-17)21-16-24-22-9-8-18(27(29)30)14-20(21)22/h8-9,14,16-17,19,24H,2-7,10-13,15H2,1H3. The molecule has 2 aliphatic rings. The molecular formula is C23H32N4O3. The number of carbonyl (C=O) groups excluding carboxylic acids is 1. The van der Waals surface area contributed by atoms with E-state index in [9.17, 15) is 14.9 Å². The minimum absolute atomic E-state index is 0.104. The molecule has 1 unspecified atom stereocenters. The van der Waals surface area contributed by atoms with E-state index < -0.39 is 0 Å². The molecule has 1 saturated heterocycles. The second kappa shape index (κ2) is 9.16. The summed E-state index contributed by atoms with van der Waals surface area (Å²) in [5, 5.41) is 12.2. The van der Waals surface area contributed by atoms with E-state index in [4.69, 9.17) is 0 Å². The second-order valence-electron chi connectivity index (χ2n) is 8.75. The van der Waals surface area contributed by atoms with Crippen LogP contribution in [0.25, 0.3) is 10.9 Å². The topological polar surface area (TPSA) is 82.5 Å². The third-order valence-corrected chi connectivity index (χ3v) is 7.09. The maximum Gasteiger partial charge on any atom is 0.270 e. The first-order valence-corrected chi connectivity index (χ1v) is 11.3. The summed E-state index contributed by atoms with van der Waals surface area (Å²) in [7, 11) is 0. The van der Waals surface area contributed by atoms with Gasteiger partial charge in [0.15, 0.2) is 0 Å². The highest BCUT2D eigenvalue weighted by Gasteiger charge is 2.31. The molecule has 1 saturated carbocycles. The molecule has 1 aromatic carbocycles. The van der Waals surface area contributed by atoms with Crippen molar-refractivity contribution in [2.24, 2.45) is 5.92 Å². The summed E-state index contributed by atoms with van der Waals surface area (Å²) < 4.78 is 0. The zero-order chi connectivity index (χ0) is 21.1. The second-order valence-corrected chi connectivity index (χ2v) is 8.75. The summed E-state index contributed by atoms with van der Waals surface area (Å²) >= 11 is 0. The highest BCUT2D eigenvalue weighted by molar-refractivity contribution is 5.87. The lowest BCUT2D eigenvalue weighted by molar-refractivity contribution is -0.384. The van der Waals surface area contributed by atoms with Gasteiger partial charge in [-0.1, -0.05) is 26.2 Å². The maximum absolute atomic E-state index is 13.2. The number of aromatic amines is 1. The molecule has 1 N–H and O–H groups in total. The third-order valence-electron chi connectivity index (χ3n) is 7.09. The van der Waals surface area contributed by atoms with Gasteiger partial charge in [0.25, 0.3) is 5.69 Å².